The van der Waals surface area contributed by atoms with Crippen molar-refractivity contribution in [2.24, 2.45) is 0 Å². The summed E-state index contributed by atoms with van der Waals surface area (Å²) < 4.78 is 15.8. The minimum Gasteiger partial charge on any atom is -0.456 e. The Morgan fingerprint density at radius 3 is 1.00 bits per heavy atom. The van der Waals surface area contributed by atoms with Crippen molar-refractivity contribution in [1.29, 1.82) is 0 Å². The molecule has 13 rings (SSSR count). The monoisotopic (exact) mass is 989 g/mol. The first-order valence-corrected chi connectivity index (χ1v) is 27.3. The van der Waals surface area contributed by atoms with E-state index in [0.717, 1.165) is 101 Å². The Kier molecular flexibility index (Phi) is 10.7. The minimum absolute atomic E-state index is 0.0253. The lowest BCUT2D eigenvalue weighted by atomic mass is 9.31. The smallest absolute Gasteiger partial charge is 0.256 e. The molecule has 0 spiro atoms. The molecule has 0 bridgehead atoms. The molecule has 4 nitrogen and oxygen atoms in total. The van der Waals surface area contributed by atoms with Gasteiger partial charge in [-0.25, -0.2) is 0 Å². The lowest BCUT2D eigenvalue weighted by Crippen LogP contribution is -2.64. The summed E-state index contributed by atoms with van der Waals surface area (Å²) in [5.74, 6) is 3.47. The van der Waals surface area contributed by atoms with Gasteiger partial charge in [-0.15, -0.1) is 0 Å². The van der Waals surface area contributed by atoms with Crippen molar-refractivity contribution in [2.45, 2.75) is 105 Å². The van der Waals surface area contributed by atoms with E-state index in [4.69, 9.17) is 9.47 Å². The average Bonchev–Trinajstić information content (AvgIpc) is 3.48. The van der Waals surface area contributed by atoms with Crippen molar-refractivity contribution in [3.05, 3.63) is 204 Å². The quantitative estimate of drug-likeness (QED) is 0.164. The lowest BCUT2D eigenvalue weighted by molar-refractivity contribution is 0.477. The van der Waals surface area contributed by atoms with Crippen LogP contribution in [0.4, 0.5) is 34.1 Å². The number of nitrogens with zero attached hydrogens (tertiary/aromatic N) is 2. The van der Waals surface area contributed by atoms with Gasteiger partial charge in [0, 0.05) is 33.7 Å². The number of rotatable bonds is 4. The van der Waals surface area contributed by atoms with Crippen LogP contribution in [0, 0.1) is 0 Å². The molecule has 0 radical (unpaired) electrons. The number of anilines is 6. The summed E-state index contributed by atoms with van der Waals surface area (Å²) in [6, 6.07) is 68.2. The molecule has 0 unspecified atom stereocenters. The van der Waals surface area contributed by atoms with E-state index in [1.54, 1.807) is 0 Å². The van der Waals surface area contributed by atoms with Crippen molar-refractivity contribution < 1.29 is 9.47 Å². The molecule has 0 N–H and O–H groups in total. The maximum Gasteiger partial charge on any atom is 0.256 e. The summed E-state index contributed by atoms with van der Waals surface area (Å²) in [6.07, 6.45) is 0. The van der Waals surface area contributed by atoms with Gasteiger partial charge in [-0.1, -0.05) is 217 Å². The Morgan fingerprint density at radius 2 is 0.658 bits per heavy atom. The molecule has 0 aliphatic carbocycles. The Morgan fingerprint density at radius 1 is 0.316 bits per heavy atom. The van der Waals surface area contributed by atoms with Crippen LogP contribution in [0.2, 0.25) is 0 Å². The van der Waals surface area contributed by atoms with Crippen LogP contribution < -0.4 is 52.1 Å². The first-order chi connectivity index (χ1) is 36.2. The second kappa shape index (κ2) is 16.9. The average molecular weight is 989 g/mol. The van der Waals surface area contributed by atoms with E-state index in [2.05, 4.69) is 275 Å². The largest absolute Gasteiger partial charge is 0.456 e. The van der Waals surface area contributed by atoms with Gasteiger partial charge in [-0.2, -0.15) is 0 Å². The summed E-state index contributed by atoms with van der Waals surface area (Å²) in [6.45, 7) is 27.3. The number of hydrogen-bond acceptors (Lipinski definition) is 4. The molecular weight excluding hydrogens is 922 g/mol. The van der Waals surface area contributed by atoms with E-state index in [9.17, 15) is 0 Å². The highest BCUT2D eigenvalue weighted by molar-refractivity contribution is 7.02. The SMILES string of the molecule is CC(C)(C)c1ccc(N2c3ccc(C(C)(C)C)cc3B3c4ccc(-c5ccccc5)cc4Oc4c3c2c2c3c4N(c4ccc(C(C)(C)C)cc4)c4ccc(C(C)(C)C)cc4B3c3ccc(-c4ccccc4)cc3O2)cc1. The fourth-order valence-electron chi connectivity index (χ4n) is 12.3. The Bertz CT molecular complexity index is 3550. The van der Waals surface area contributed by atoms with Gasteiger partial charge in [0.15, 0.2) is 0 Å². The Hall–Kier alpha value is -7.69. The van der Waals surface area contributed by atoms with Gasteiger partial charge in [-0.05, 0) is 137 Å². The van der Waals surface area contributed by atoms with Gasteiger partial charge in [-0.3, -0.25) is 0 Å². The van der Waals surface area contributed by atoms with Crippen LogP contribution in [0.25, 0.3) is 22.3 Å². The highest BCUT2D eigenvalue weighted by Crippen LogP contribution is 2.55. The molecule has 4 heterocycles. The van der Waals surface area contributed by atoms with Gasteiger partial charge in [0.05, 0.1) is 11.4 Å². The topological polar surface area (TPSA) is 24.9 Å². The zero-order valence-corrected chi connectivity index (χ0v) is 46.2. The van der Waals surface area contributed by atoms with Crippen LogP contribution in [-0.4, -0.2) is 13.4 Å². The van der Waals surface area contributed by atoms with Gasteiger partial charge in [0.25, 0.3) is 13.4 Å². The zero-order chi connectivity index (χ0) is 52.8. The lowest BCUT2D eigenvalue weighted by Gasteiger charge is -2.47. The molecule has 0 fully saturated rings. The molecule has 0 atom stereocenters. The summed E-state index contributed by atoms with van der Waals surface area (Å²) in [4.78, 5) is 5.02. The molecule has 9 aromatic rings. The standard InChI is InChI=1S/C70H66B2N2O2/c1-67(2,3)47-25-31-51(32-26-47)73-57-37-29-49(69(7,8)9)41-55(57)71-53-35-23-46(44-21-17-14-18-22-44)40-60(53)76-66-61(71)63(73)65-62-64(66)74(52-33-27-48(28-34-52)68(4,5)6)58-38-30-50(70(10,11)12)42-56(58)72(62)54-36-24-45(39-59(54)75-65)43-19-15-13-16-20-43/h13-42H,1-12H3. The first kappa shape index (κ1) is 48.0. The van der Waals surface area contributed by atoms with E-state index in [-0.39, 0.29) is 35.1 Å². The Labute approximate surface area is 451 Å². The van der Waals surface area contributed by atoms with E-state index in [1.165, 1.54) is 33.2 Å². The summed E-state index contributed by atoms with van der Waals surface area (Å²) in [7, 11) is 0. The summed E-state index contributed by atoms with van der Waals surface area (Å²) >= 11 is 0. The molecule has 4 aliphatic heterocycles. The fraction of sp³-hybridized carbons (Fsp3) is 0.229. The van der Waals surface area contributed by atoms with E-state index in [1.807, 2.05) is 0 Å². The third-order valence-electron chi connectivity index (χ3n) is 16.6. The van der Waals surface area contributed by atoms with Crippen molar-refractivity contribution in [3.63, 3.8) is 0 Å². The van der Waals surface area contributed by atoms with Gasteiger partial charge >= 0.3 is 0 Å². The van der Waals surface area contributed by atoms with Gasteiger partial charge in [0.1, 0.15) is 23.0 Å². The number of ether oxygens (including phenoxy) is 2. The van der Waals surface area contributed by atoms with Crippen molar-refractivity contribution in [1.82, 2.24) is 0 Å². The number of benzene rings is 9. The van der Waals surface area contributed by atoms with Crippen molar-refractivity contribution >= 4 is 80.3 Å². The van der Waals surface area contributed by atoms with Crippen LogP contribution in [0.15, 0.2) is 182 Å². The Balaban J connectivity index is 1.19. The fourth-order valence-corrected chi connectivity index (χ4v) is 12.3. The number of hydrogen-bond donors (Lipinski definition) is 0. The molecule has 76 heavy (non-hydrogen) atoms. The predicted octanol–water partition coefficient (Wildman–Crippen LogP) is 15.0. The summed E-state index contributed by atoms with van der Waals surface area (Å²) in [5.41, 5.74) is 22.9. The number of fused-ring (bicyclic) bond motifs is 10. The highest BCUT2D eigenvalue weighted by atomic mass is 16.5. The second-order valence-electron chi connectivity index (χ2n) is 25.8. The van der Waals surface area contributed by atoms with Crippen LogP contribution in [0.5, 0.6) is 23.0 Å². The molecule has 4 aliphatic rings. The van der Waals surface area contributed by atoms with E-state index in [0.29, 0.717) is 0 Å². The predicted molar refractivity (Wildman–Crippen MR) is 324 cm³/mol. The van der Waals surface area contributed by atoms with Gasteiger partial charge in [0.2, 0.25) is 0 Å². The summed E-state index contributed by atoms with van der Waals surface area (Å²) in [5, 5.41) is 0. The van der Waals surface area contributed by atoms with E-state index < -0.39 is 0 Å². The molecule has 9 aromatic carbocycles. The molecule has 0 saturated carbocycles. The molecule has 374 valence electrons. The molecule has 0 amide bonds. The first-order valence-electron chi connectivity index (χ1n) is 27.3. The molecule has 0 aromatic heterocycles. The van der Waals surface area contributed by atoms with E-state index >= 15 is 0 Å². The normalized spacial score (nSPS) is 14.2. The van der Waals surface area contributed by atoms with Crippen molar-refractivity contribution in [2.75, 3.05) is 9.80 Å². The van der Waals surface area contributed by atoms with Crippen molar-refractivity contribution in [3.8, 4) is 45.3 Å². The third kappa shape index (κ3) is 7.65. The van der Waals surface area contributed by atoms with Crippen LogP contribution in [0.3, 0.4) is 0 Å². The molecule has 0 saturated heterocycles. The third-order valence-corrected chi connectivity index (χ3v) is 16.6. The maximum atomic E-state index is 7.88. The molecular formula is C70H66B2N2O2. The van der Waals surface area contributed by atoms with Crippen LogP contribution >= 0.6 is 0 Å². The molecule has 6 heteroatoms. The van der Waals surface area contributed by atoms with Crippen LogP contribution in [-0.2, 0) is 21.7 Å². The maximum absolute atomic E-state index is 7.88. The zero-order valence-electron chi connectivity index (χ0n) is 46.2. The van der Waals surface area contributed by atoms with Crippen LogP contribution in [0.1, 0.15) is 105 Å². The minimum atomic E-state index is -0.198. The highest BCUT2D eigenvalue weighted by Gasteiger charge is 2.52. The van der Waals surface area contributed by atoms with Gasteiger partial charge < -0.3 is 19.3 Å². The second-order valence-corrected chi connectivity index (χ2v) is 25.8.